The molecule has 0 aliphatic heterocycles. The number of unbranched alkanes of at least 4 members (excludes halogenated alkanes) is 14. The van der Waals surface area contributed by atoms with Crippen molar-refractivity contribution in [3.63, 3.8) is 0 Å². The third kappa shape index (κ3) is 10.9. The van der Waals surface area contributed by atoms with Crippen molar-refractivity contribution in [3.05, 3.63) is 39.7 Å². The quantitative estimate of drug-likeness (QED) is 0.172. The summed E-state index contributed by atoms with van der Waals surface area (Å²) >= 11 is 6.89. The summed E-state index contributed by atoms with van der Waals surface area (Å²) in [7, 11) is 0. The highest BCUT2D eigenvalue weighted by Gasteiger charge is 2.10. The first-order valence-electron chi connectivity index (χ1n) is 12.8. The number of benzene rings is 1. The molecule has 32 heavy (non-hydrogen) atoms. The Morgan fingerprint density at radius 2 is 1.31 bits per heavy atom. The van der Waals surface area contributed by atoms with Crippen LogP contribution in [0, 0.1) is 3.95 Å². The second kappa shape index (κ2) is 17.1. The van der Waals surface area contributed by atoms with E-state index in [1.165, 1.54) is 94.8 Å². The van der Waals surface area contributed by atoms with Gasteiger partial charge in [-0.05, 0) is 18.6 Å². The Morgan fingerprint density at radius 3 is 1.84 bits per heavy atom. The molecular formula is C27H42N2OS2. The van der Waals surface area contributed by atoms with Gasteiger partial charge in [0, 0.05) is 17.4 Å². The van der Waals surface area contributed by atoms with Gasteiger partial charge in [0.1, 0.15) is 0 Å². The molecule has 1 aromatic heterocycles. The molecule has 0 fully saturated rings. The standard InChI is InChI=1S/C27H42N2OS2/c1-2-3-4-5-6-7-8-9-10-11-12-13-14-15-19-22-26(30)28-29-25(23-32-27(29)31)24-20-17-16-18-21-24/h16-18,20-21,23H,2-15,19,22H2,1H3,(H,28,30). The molecule has 3 nitrogen and oxygen atoms in total. The van der Waals surface area contributed by atoms with E-state index in [1.54, 1.807) is 4.68 Å². The summed E-state index contributed by atoms with van der Waals surface area (Å²) in [4.78, 5) is 12.4. The lowest BCUT2D eigenvalue weighted by Gasteiger charge is -2.10. The molecule has 1 heterocycles. The lowest BCUT2D eigenvalue weighted by molar-refractivity contribution is -0.117. The van der Waals surface area contributed by atoms with Crippen LogP contribution in [0.15, 0.2) is 35.7 Å². The third-order valence-electron chi connectivity index (χ3n) is 6.01. The van der Waals surface area contributed by atoms with Crippen LogP contribution in [-0.4, -0.2) is 10.6 Å². The Balaban J connectivity index is 1.47. The number of hydrogen-bond acceptors (Lipinski definition) is 3. The number of nitrogens with zero attached hydrogens (tertiary/aromatic N) is 1. The second-order valence-corrected chi connectivity index (χ2v) is 10.3. The molecule has 0 bridgehead atoms. The zero-order valence-electron chi connectivity index (χ0n) is 19.9. The summed E-state index contributed by atoms with van der Waals surface area (Å²) in [6.07, 6.45) is 20.6. The van der Waals surface area contributed by atoms with Crippen LogP contribution in [0.3, 0.4) is 0 Å². The fourth-order valence-corrected chi connectivity index (χ4v) is 5.05. The smallest absolute Gasteiger partial charge is 0.238 e. The molecule has 178 valence electrons. The van der Waals surface area contributed by atoms with Crippen LogP contribution in [0.5, 0.6) is 0 Å². The molecule has 1 amide bonds. The maximum absolute atomic E-state index is 12.4. The lowest BCUT2D eigenvalue weighted by Crippen LogP contribution is -2.23. The molecule has 0 saturated carbocycles. The SMILES string of the molecule is CCCCCCCCCCCCCCCCCC(=O)Nn1c(-c2ccccc2)csc1=S. The van der Waals surface area contributed by atoms with Gasteiger partial charge in [-0.25, -0.2) is 4.68 Å². The van der Waals surface area contributed by atoms with Crippen LogP contribution in [0.2, 0.25) is 0 Å². The van der Waals surface area contributed by atoms with E-state index in [4.69, 9.17) is 12.2 Å². The van der Waals surface area contributed by atoms with E-state index < -0.39 is 0 Å². The van der Waals surface area contributed by atoms with E-state index in [0.29, 0.717) is 10.4 Å². The average molecular weight is 475 g/mol. The van der Waals surface area contributed by atoms with Crippen LogP contribution >= 0.6 is 23.6 Å². The number of thiazole rings is 1. The lowest BCUT2D eigenvalue weighted by atomic mass is 10.0. The van der Waals surface area contributed by atoms with Crippen molar-refractivity contribution >= 4 is 29.5 Å². The van der Waals surface area contributed by atoms with Crippen LogP contribution in [0.25, 0.3) is 11.3 Å². The van der Waals surface area contributed by atoms with Crippen LogP contribution in [-0.2, 0) is 4.79 Å². The summed E-state index contributed by atoms with van der Waals surface area (Å²) in [5.41, 5.74) is 5.00. The predicted molar refractivity (Wildman–Crippen MR) is 142 cm³/mol. The largest absolute Gasteiger partial charge is 0.273 e. The first-order valence-corrected chi connectivity index (χ1v) is 14.1. The van der Waals surface area contributed by atoms with E-state index in [1.807, 2.05) is 35.7 Å². The summed E-state index contributed by atoms with van der Waals surface area (Å²) in [5.74, 6) is 0.0476. The molecule has 0 radical (unpaired) electrons. The molecule has 1 N–H and O–H groups in total. The fourth-order valence-electron chi connectivity index (χ4n) is 4.06. The Labute approximate surface area is 204 Å². The van der Waals surface area contributed by atoms with Gasteiger partial charge < -0.3 is 0 Å². The molecule has 2 aromatic rings. The van der Waals surface area contributed by atoms with E-state index >= 15 is 0 Å². The minimum atomic E-state index is 0.0476. The number of carbonyl (C=O) groups is 1. The van der Waals surface area contributed by atoms with Crippen LogP contribution in [0.4, 0.5) is 0 Å². The van der Waals surface area contributed by atoms with E-state index in [-0.39, 0.29) is 5.91 Å². The Hall–Kier alpha value is -1.46. The molecule has 0 spiro atoms. The van der Waals surface area contributed by atoms with Crippen molar-refractivity contribution in [2.24, 2.45) is 0 Å². The van der Waals surface area contributed by atoms with Gasteiger partial charge in [-0.3, -0.25) is 10.2 Å². The van der Waals surface area contributed by atoms with Gasteiger partial charge in [0.25, 0.3) is 0 Å². The second-order valence-electron chi connectivity index (χ2n) is 8.82. The molecular weight excluding hydrogens is 432 g/mol. The molecule has 0 saturated heterocycles. The van der Waals surface area contributed by atoms with E-state index in [9.17, 15) is 4.79 Å². The van der Waals surface area contributed by atoms with Gasteiger partial charge in [0.2, 0.25) is 5.91 Å². The van der Waals surface area contributed by atoms with Gasteiger partial charge in [-0.15, -0.1) is 11.3 Å². The number of rotatable bonds is 18. The molecule has 2 rings (SSSR count). The van der Waals surface area contributed by atoms with Crippen LogP contribution < -0.4 is 5.43 Å². The monoisotopic (exact) mass is 474 g/mol. The molecule has 0 atom stereocenters. The van der Waals surface area contributed by atoms with Crippen molar-refractivity contribution in [2.45, 2.75) is 110 Å². The molecule has 0 unspecified atom stereocenters. The van der Waals surface area contributed by atoms with Gasteiger partial charge in [-0.2, -0.15) is 0 Å². The molecule has 5 heteroatoms. The summed E-state index contributed by atoms with van der Waals surface area (Å²) in [6.45, 7) is 2.28. The average Bonchev–Trinajstić information content (AvgIpc) is 3.17. The summed E-state index contributed by atoms with van der Waals surface area (Å²) in [5, 5.41) is 2.01. The maximum atomic E-state index is 12.4. The molecule has 0 aliphatic carbocycles. The number of aromatic nitrogens is 1. The van der Waals surface area contributed by atoms with Crippen LogP contribution in [0.1, 0.15) is 110 Å². The highest BCUT2D eigenvalue weighted by Crippen LogP contribution is 2.22. The Morgan fingerprint density at radius 1 is 0.812 bits per heavy atom. The van der Waals surface area contributed by atoms with Crippen molar-refractivity contribution in [1.82, 2.24) is 4.68 Å². The zero-order chi connectivity index (χ0) is 22.9. The summed E-state index contributed by atoms with van der Waals surface area (Å²) < 4.78 is 2.43. The van der Waals surface area contributed by atoms with Gasteiger partial charge in [0.05, 0.1) is 5.69 Å². The minimum absolute atomic E-state index is 0.0476. The molecule has 1 aromatic carbocycles. The number of hydrogen-bond donors (Lipinski definition) is 1. The van der Waals surface area contributed by atoms with Crippen molar-refractivity contribution in [2.75, 3.05) is 5.43 Å². The third-order valence-corrected chi connectivity index (χ3v) is 7.20. The van der Waals surface area contributed by atoms with E-state index in [2.05, 4.69) is 12.3 Å². The minimum Gasteiger partial charge on any atom is -0.273 e. The highest BCUT2D eigenvalue weighted by molar-refractivity contribution is 7.73. The Kier molecular flexibility index (Phi) is 14.3. The first kappa shape index (κ1) is 26.8. The number of carbonyl (C=O) groups excluding carboxylic acids is 1. The first-order chi connectivity index (χ1) is 15.7. The predicted octanol–water partition coefficient (Wildman–Crippen LogP) is 9.28. The normalized spacial score (nSPS) is 11.0. The number of nitrogens with one attached hydrogen (secondary N) is 1. The van der Waals surface area contributed by atoms with Crippen molar-refractivity contribution < 1.29 is 4.79 Å². The van der Waals surface area contributed by atoms with Gasteiger partial charge in [0.15, 0.2) is 3.95 Å². The Bertz CT molecular complexity index is 797. The zero-order valence-corrected chi connectivity index (χ0v) is 21.6. The van der Waals surface area contributed by atoms with Gasteiger partial charge in [-0.1, -0.05) is 127 Å². The maximum Gasteiger partial charge on any atom is 0.238 e. The van der Waals surface area contributed by atoms with Gasteiger partial charge >= 0.3 is 0 Å². The number of amides is 1. The topological polar surface area (TPSA) is 34.0 Å². The molecule has 0 aliphatic rings. The van der Waals surface area contributed by atoms with Crippen molar-refractivity contribution in [3.8, 4) is 11.3 Å². The van der Waals surface area contributed by atoms with E-state index in [0.717, 1.165) is 24.1 Å². The highest BCUT2D eigenvalue weighted by atomic mass is 32.1. The fraction of sp³-hybridized carbons (Fsp3) is 0.630. The van der Waals surface area contributed by atoms with Crippen molar-refractivity contribution in [1.29, 1.82) is 0 Å². The summed E-state index contributed by atoms with van der Waals surface area (Å²) in [6, 6.07) is 10.1.